The fourth-order valence-corrected chi connectivity index (χ4v) is 6.93. The molecule has 0 atom stereocenters. The molecule has 202 valence electrons. The quantitative estimate of drug-likeness (QED) is 0.341. The normalized spacial score (nSPS) is 14.9. The summed E-state index contributed by atoms with van der Waals surface area (Å²) in [4.78, 5) is 5.64. The molecule has 4 heterocycles. The van der Waals surface area contributed by atoms with Gasteiger partial charge in [0.1, 0.15) is 0 Å². The smallest absolute Gasteiger partial charge is 0.0441 e. The largest absolute Gasteiger partial charge is 0.359 e. The van der Waals surface area contributed by atoms with E-state index in [4.69, 9.17) is 0 Å². The summed E-state index contributed by atoms with van der Waals surface area (Å²) in [6.07, 6.45) is 3.38. The van der Waals surface area contributed by atoms with Crippen LogP contribution in [0, 0.1) is 19.3 Å². The van der Waals surface area contributed by atoms with E-state index < -0.39 is 0 Å². The molecule has 2 aliphatic heterocycles. The lowest BCUT2D eigenvalue weighted by Gasteiger charge is -2.27. The summed E-state index contributed by atoms with van der Waals surface area (Å²) in [6, 6.07) is 9.20. The van der Waals surface area contributed by atoms with E-state index in [2.05, 4.69) is 91.8 Å². The van der Waals surface area contributed by atoms with Gasteiger partial charge in [-0.3, -0.25) is 4.90 Å². The van der Waals surface area contributed by atoms with Gasteiger partial charge in [-0.2, -0.15) is 0 Å². The minimum absolute atomic E-state index is 0.251. The first kappa shape index (κ1) is 29.6. The molecular weight excluding hydrogens is 491 g/mol. The molecule has 5 heteroatoms. The second kappa shape index (κ2) is 13.7. The summed E-state index contributed by atoms with van der Waals surface area (Å²) in [5, 5.41) is 11.3. The van der Waals surface area contributed by atoms with Gasteiger partial charge in [0.25, 0.3) is 0 Å². The number of aryl methyl sites for hydroxylation is 2. The molecule has 0 saturated carbocycles. The number of nitrogens with one attached hydrogen (secondary N) is 2. The fourth-order valence-electron chi connectivity index (χ4n) is 5.05. The third kappa shape index (κ3) is 8.81. The van der Waals surface area contributed by atoms with Crippen LogP contribution in [0.3, 0.4) is 0 Å². The molecule has 0 spiro atoms. The van der Waals surface area contributed by atoms with Crippen LogP contribution >= 0.6 is 22.7 Å². The summed E-state index contributed by atoms with van der Waals surface area (Å²) in [5.74, 6) is 0. The van der Waals surface area contributed by atoms with E-state index in [0.29, 0.717) is 0 Å². The maximum absolute atomic E-state index is 4.23. The Morgan fingerprint density at radius 1 is 1.00 bits per heavy atom. The predicted molar refractivity (Wildman–Crippen MR) is 166 cm³/mol. The summed E-state index contributed by atoms with van der Waals surface area (Å²) in [6.45, 7) is 24.9. The van der Waals surface area contributed by atoms with Gasteiger partial charge >= 0.3 is 0 Å². The first-order valence-corrected chi connectivity index (χ1v) is 15.5. The van der Waals surface area contributed by atoms with E-state index in [1.807, 2.05) is 36.5 Å². The molecule has 0 radical (unpaired) electrons. The molecular formula is C32H47N3S2. The zero-order chi connectivity index (χ0) is 27.0. The van der Waals surface area contributed by atoms with Crippen LogP contribution in [0.15, 0.2) is 47.3 Å². The second-order valence-electron chi connectivity index (χ2n) is 11.2. The van der Waals surface area contributed by atoms with Crippen LogP contribution in [0.5, 0.6) is 0 Å². The van der Waals surface area contributed by atoms with Crippen LogP contribution in [0.1, 0.15) is 78.6 Å². The van der Waals surface area contributed by atoms with Gasteiger partial charge < -0.3 is 10.6 Å². The zero-order valence-corrected chi connectivity index (χ0v) is 25.7. The van der Waals surface area contributed by atoms with Gasteiger partial charge in [0.15, 0.2) is 0 Å². The highest BCUT2D eigenvalue weighted by Crippen LogP contribution is 2.30. The molecule has 0 fully saturated rings. The minimum atomic E-state index is 0.251. The van der Waals surface area contributed by atoms with Crippen LogP contribution in [0.25, 0.3) is 0 Å². The summed E-state index contributed by atoms with van der Waals surface area (Å²) in [5.41, 5.74) is 9.70. The molecule has 2 N–H and O–H groups in total. The van der Waals surface area contributed by atoms with Crippen molar-refractivity contribution in [2.75, 3.05) is 18.4 Å². The van der Waals surface area contributed by atoms with E-state index in [9.17, 15) is 0 Å². The molecule has 0 aliphatic carbocycles. The number of nitrogens with zero attached hydrogens (tertiary/aromatic N) is 1. The van der Waals surface area contributed by atoms with Crippen molar-refractivity contribution in [3.8, 4) is 0 Å². The van der Waals surface area contributed by atoms with Crippen molar-refractivity contribution in [2.45, 2.75) is 87.4 Å². The molecule has 1 aromatic carbocycles. The third-order valence-corrected chi connectivity index (χ3v) is 8.55. The van der Waals surface area contributed by atoms with Crippen molar-refractivity contribution in [3.63, 3.8) is 0 Å². The first-order chi connectivity index (χ1) is 17.7. The maximum Gasteiger partial charge on any atom is 0.0441 e. The van der Waals surface area contributed by atoms with Crippen LogP contribution in [-0.4, -0.2) is 18.0 Å². The standard InChI is InChI=1S/C23H32N2S.C7H9NS.C2H6/c1-16-11-19(14-25-9-7-20-8-10-26-21(20)15-25)12-17(2)22(16)24-18(3)13-23(4,5)6;1-3-8-5-7-6(1)2-4-9-7;1-2/h8,10-12,24H,3,7,9,13-15H2,1-2,4-6H3;2,4,8H,1,3,5H2;1-2H3. The van der Waals surface area contributed by atoms with Gasteiger partial charge in [-0.15, -0.1) is 22.7 Å². The number of hydrogen-bond acceptors (Lipinski definition) is 5. The lowest BCUT2D eigenvalue weighted by molar-refractivity contribution is 0.249. The van der Waals surface area contributed by atoms with Crippen molar-refractivity contribution >= 4 is 28.4 Å². The Morgan fingerprint density at radius 3 is 2.24 bits per heavy atom. The van der Waals surface area contributed by atoms with Gasteiger partial charge in [0.2, 0.25) is 0 Å². The van der Waals surface area contributed by atoms with Gasteiger partial charge in [0.05, 0.1) is 0 Å². The SMILES string of the molecule is C=C(CC(C)(C)C)Nc1c(C)cc(CN2CCc3ccsc3C2)cc1C.CC.c1cc2c(s1)CNCC2. The van der Waals surface area contributed by atoms with Gasteiger partial charge in [0, 0.05) is 47.3 Å². The number of benzene rings is 1. The highest BCUT2D eigenvalue weighted by atomic mass is 32.1. The van der Waals surface area contributed by atoms with Gasteiger partial charge in [-0.05, 0) is 95.8 Å². The second-order valence-corrected chi connectivity index (χ2v) is 13.2. The molecule has 0 unspecified atom stereocenters. The molecule has 3 aromatic rings. The maximum atomic E-state index is 4.23. The Balaban J connectivity index is 0.000000286. The highest BCUT2D eigenvalue weighted by molar-refractivity contribution is 7.10. The average Bonchev–Trinajstić information content (AvgIpc) is 3.51. The Kier molecular flexibility index (Phi) is 11.0. The molecule has 0 amide bonds. The minimum Gasteiger partial charge on any atom is -0.359 e. The number of thiophene rings is 2. The lowest BCUT2D eigenvalue weighted by Crippen LogP contribution is -2.29. The van der Waals surface area contributed by atoms with E-state index in [0.717, 1.165) is 44.8 Å². The molecule has 5 rings (SSSR count). The van der Waals surface area contributed by atoms with E-state index >= 15 is 0 Å². The number of allylic oxidation sites excluding steroid dienone is 1. The fraction of sp³-hybridized carbons (Fsp3) is 0.500. The monoisotopic (exact) mass is 537 g/mol. The number of hydrogen-bond donors (Lipinski definition) is 2. The molecule has 37 heavy (non-hydrogen) atoms. The van der Waals surface area contributed by atoms with E-state index in [-0.39, 0.29) is 5.41 Å². The lowest BCUT2D eigenvalue weighted by atomic mass is 9.90. The zero-order valence-electron chi connectivity index (χ0n) is 24.1. The highest BCUT2D eigenvalue weighted by Gasteiger charge is 2.18. The number of rotatable bonds is 5. The molecule has 2 aliphatic rings. The Bertz CT molecular complexity index is 1110. The topological polar surface area (TPSA) is 27.3 Å². The Labute approximate surface area is 234 Å². The molecule has 2 aromatic heterocycles. The number of anilines is 1. The van der Waals surface area contributed by atoms with Gasteiger partial charge in [-0.1, -0.05) is 53.3 Å². The van der Waals surface area contributed by atoms with E-state index in [1.54, 1.807) is 16.0 Å². The first-order valence-electron chi connectivity index (χ1n) is 13.8. The molecule has 0 saturated heterocycles. The third-order valence-electron chi connectivity index (χ3n) is 6.64. The number of fused-ring (bicyclic) bond motifs is 2. The summed E-state index contributed by atoms with van der Waals surface area (Å²) >= 11 is 3.76. The summed E-state index contributed by atoms with van der Waals surface area (Å²) < 4.78 is 0. The van der Waals surface area contributed by atoms with Gasteiger partial charge in [-0.25, -0.2) is 0 Å². The van der Waals surface area contributed by atoms with Crippen LogP contribution in [0.2, 0.25) is 0 Å². The van der Waals surface area contributed by atoms with Crippen molar-refractivity contribution < 1.29 is 0 Å². The van der Waals surface area contributed by atoms with Crippen molar-refractivity contribution in [1.29, 1.82) is 0 Å². The van der Waals surface area contributed by atoms with Crippen molar-refractivity contribution in [2.24, 2.45) is 5.41 Å². The average molecular weight is 538 g/mol. The van der Waals surface area contributed by atoms with E-state index in [1.165, 1.54) is 40.1 Å². The van der Waals surface area contributed by atoms with Crippen LogP contribution in [0.4, 0.5) is 5.69 Å². The molecule has 3 nitrogen and oxygen atoms in total. The van der Waals surface area contributed by atoms with Crippen molar-refractivity contribution in [3.05, 3.63) is 84.9 Å². The van der Waals surface area contributed by atoms with Crippen LogP contribution < -0.4 is 10.6 Å². The van der Waals surface area contributed by atoms with Crippen molar-refractivity contribution in [1.82, 2.24) is 10.2 Å². The summed E-state index contributed by atoms with van der Waals surface area (Å²) in [7, 11) is 0. The molecule has 0 bridgehead atoms. The predicted octanol–water partition coefficient (Wildman–Crippen LogP) is 8.71. The Morgan fingerprint density at radius 2 is 1.62 bits per heavy atom. The Hall–Kier alpha value is -1.92. The van der Waals surface area contributed by atoms with Crippen LogP contribution in [-0.2, 0) is 32.5 Å².